The molecule has 1 unspecified atom stereocenters. The Kier molecular flexibility index (Phi) is 12.7. The summed E-state index contributed by atoms with van der Waals surface area (Å²) in [5, 5.41) is 0. The molecule has 0 amide bonds. The molecule has 0 aliphatic rings. The summed E-state index contributed by atoms with van der Waals surface area (Å²) in [6, 6.07) is 0. The van der Waals surface area contributed by atoms with Crippen LogP contribution in [0.3, 0.4) is 0 Å². The van der Waals surface area contributed by atoms with Crippen molar-refractivity contribution in [3.05, 3.63) is 24.8 Å². The number of rotatable bonds is 8. The fourth-order valence-corrected chi connectivity index (χ4v) is 1.93. The SMILES string of the molecule is C=C(C)C(C)CCCC.C=CCC(C)(C)CCC. The maximum atomic E-state index is 3.91. The molecule has 0 bridgehead atoms. The van der Waals surface area contributed by atoms with Gasteiger partial charge in [0, 0.05) is 0 Å². The minimum atomic E-state index is 0.483. The van der Waals surface area contributed by atoms with Gasteiger partial charge in [-0.25, -0.2) is 0 Å². The van der Waals surface area contributed by atoms with Crippen molar-refractivity contribution in [1.29, 1.82) is 0 Å². The number of hydrogen-bond donors (Lipinski definition) is 0. The van der Waals surface area contributed by atoms with Gasteiger partial charge in [-0.05, 0) is 37.5 Å². The molecule has 0 fully saturated rings. The highest BCUT2D eigenvalue weighted by Crippen LogP contribution is 2.26. The van der Waals surface area contributed by atoms with Crippen LogP contribution in [0.5, 0.6) is 0 Å². The molecule has 0 aromatic carbocycles. The molecule has 108 valence electrons. The third-order valence-corrected chi connectivity index (χ3v) is 3.46. The van der Waals surface area contributed by atoms with Crippen LogP contribution in [0.2, 0.25) is 0 Å². The lowest BCUT2D eigenvalue weighted by atomic mass is 9.85. The topological polar surface area (TPSA) is 0 Å². The van der Waals surface area contributed by atoms with Gasteiger partial charge in [0.05, 0.1) is 0 Å². The monoisotopic (exact) mass is 252 g/mol. The minimum Gasteiger partial charge on any atom is -0.103 e. The molecule has 0 heterocycles. The molecule has 0 nitrogen and oxygen atoms in total. The summed E-state index contributed by atoms with van der Waals surface area (Å²) in [5.41, 5.74) is 1.81. The van der Waals surface area contributed by atoms with E-state index in [2.05, 4.69) is 54.7 Å². The van der Waals surface area contributed by atoms with Crippen LogP contribution < -0.4 is 0 Å². The van der Waals surface area contributed by atoms with Crippen LogP contribution in [0.25, 0.3) is 0 Å². The first-order valence-electron chi connectivity index (χ1n) is 7.57. The Balaban J connectivity index is 0. The van der Waals surface area contributed by atoms with Crippen LogP contribution in [0.4, 0.5) is 0 Å². The molecule has 0 N–H and O–H groups in total. The number of hydrogen-bond acceptors (Lipinski definition) is 0. The van der Waals surface area contributed by atoms with E-state index in [1.807, 2.05) is 6.08 Å². The Morgan fingerprint density at radius 3 is 2.11 bits per heavy atom. The highest BCUT2D eigenvalue weighted by molar-refractivity contribution is 4.93. The van der Waals surface area contributed by atoms with Gasteiger partial charge in [0.1, 0.15) is 0 Å². The van der Waals surface area contributed by atoms with E-state index in [-0.39, 0.29) is 0 Å². The smallest absolute Gasteiger partial charge is 0.0237 e. The zero-order chi connectivity index (χ0) is 14.6. The van der Waals surface area contributed by atoms with Crippen LogP contribution in [0.1, 0.15) is 80.1 Å². The van der Waals surface area contributed by atoms with Gasteiger partial charge in [-0.3, -0.25) is 0 Å². The first-order valence-corrected chi connectivity index (χ1v) is 7.57. The molecular formula is C18H36. The Morgan fingerprint density at radius 2 is 1.78 bits per heavy atom. The molecule has 18 heavy (non-hydrogen) atoms. The van der Waals surface area contributed by atoms with Crippen molar-refractivity contribution in [2.75, 3.05) is 0 Å². The molecule has 0 heteroatoms. The third kappa shape index (κ3) is 13.5. The van der Waals surface area contributed by atoms with Crippen molar-refractivity contribution >= 4 is 0 Å². The van der Waals surface area contributed by atoms with E-state index in [0.717, 1.165) is 12.3 Å². The first-order chi connectivity index (χ1) is 8.30. The predicted molar refractivity (Wildman–Crippen MR) is 87.0 cm³/mol. The Hall–Kier alpha value is -0.520. The summed E-state index contributed by atoms with van der Waals surface area (Å²) in [7, 11) is 0. The normalized spacial score (nSPS) is 12.3. The number of unbranched alkanes of at least 4 members (excludes halogenated alkanes) is 1. The van der Waals surface area contributed by atoms with Crippen molar-refractivity contribution in [2.45, 2.75) is 80.1 Å². The third-order valence-electron chi connectivity index (χ3n) is 3.46. The Bertz CT molecular complexity index is 210. The molecule has 0 aliphatic carbocycles. The van der Waals surface area contributed by atoms with Gasteiger partial charge in [-0.15, -0.1) is 6.58 Å². The lowest BCUT2D eigenvalue weighted by molar-refractivity contribution is 0.336. The predicted octanol–water partition coefficient (Wildman–Crippen LogP) is 6.78. The van der Waals surface area contributed by atoms with Crippen LogP contribution in [0.15, 0.2) is 24.8 Å². The average Bonchev–Trinajstić information content (AvgIpc) is 2.26. The largest absolute Gasteiger partial charge is 0.103 e. The van der Waals surface area contributed by atoms with Crippen LogP contribution in [-0.2, 0) is 0 Å². The fourth-order valence-electron chi connectivity index (χ4n) is 1.93. The summed E-state index contributed by atoms with van der Waals surface area (Å²) in [6.45, 7) is 21.0. The molecule has 0 aromatic heterocycles. The lowest BCUT2D eigenvalue weighted by Crippen LogP contribution is -2.08. The molecular weight excluding hydrogens is 216 g/mol. The second kappa shape index (κ2) is 11.6. The zero-order valence-electron chi connectivity index (χ0n) is 13.8. The van der Waals surface area contributed by atoms with E-state index in [1.54, 1.807) is 0 Å². The molecule has 0 aromatic rings. The van der Waals surface area contributed by atoms with Crippen LogP contribution >= 0.6 is 0 Å². The van der Waals surface area contributed by atoms with E-state index in [4.69, 9.17) is 0 Å². The zero-order valence-corrected chi connectivity index (χ0v) is 13.8. The Morgan fingerprint density at radius 1 is 1.22 bits per heavy atom. The van der Waals surface area contributed by atoms with Gasteiger partial charge in [-0.1, -0.05) is 72.1 Å². The summed E-state index contributed by atoms with van der Waals surface area (Å²) in [4.78, 5) is 0. The van der Waals surface area contributed by atoms with Crippen molar-refractivity contribution < 1.29 is 0 Å². The van der Waals surface area contributed by atoms with E-state index >= 15 is 0 Å². The molecule has 0 rings (SSSR count). The number of allylic oxidation sites excluding steroid dienone is 2. The second-order valence-electron chi connectivity index (χ2n) is 6.30. The highest BCUT2D eigenvalue weighted by atomic mass is 14.2. The van der Waals surface area contributed by atoms with Gasteiger partial charge >= 0.3 is 0 Å². The average molecular weight is 252 g/mol. The van der Waals surface area contributed by atoms with Gasteiger partial charge in [0.15, 0.2) is 0 Å². The summed E-state index contributed by atoms with van der Waals surface area (Å²) >= 11 is 0. The van der Waals surface area contributed by atoms with Crippen molar-refractivity contribution in [1.82, 2.24) is 0 Å². The van der Waals surface area contributed by atoms with E-state index < -0.39 is 0 Å². The summed E-state index contributed by atoms with van der Waals surface area (Å²) < 4.78 is 0. The maximum absolute atomic E-state index is 3.91. The van der Waals surface area contributed by atoms with Gasteiger partial charge in [0.25, 0.3) is 0 Å². The molecule has 0 saturated carbocycles. The van der Waals surface area contributed by atoms with E-state index in [0.29, 0.717) is 5.41 Å². The van der Waals surface area contributed by atoms with Crippen LogP contribution in [-0.4, -0.2) is 0 Å². The van der Waals surface area contributed by atoms with Gasteiger partial charge in [-0.2, -0.15) is 0 Å². The summed E-state index contributed by atoms with van der Waals surface area (Å²) in [6.07, 6.45) is 9.69. The molecule has 0 spiro atoms. The van der Waals surface area contributed by atoms with Gasteiger partial charge in [0.2, 0.25) is 0 Å². The van der Waals surface area contributed by atoms with E-state index in [1.165, 1.54) is 37.7 Å². The molecule has 0 aliphatic heterocycles. The van der Waals surface area contributed by atoms with Crippen LogP contribution in [0, 0.1) is 11.3 Å². The minimum absolute atomic E-state index is 0.483. The maximum Gasteiger partial charge on any atom is -0.0237 e. The molecule has 0 radical (unpaired) electrons. The quantitative estimate of drug-likeness (QED) is 0.418. The van der Waals surface area contributed by atoms with E-state index in [9.17, 15) is 0 Å². The highest BCUT2D eigenvalue weighted by Gasteiger charge is 2.13. The molecule has 1 atom stereocenters. The standard InChI is InChI=1S/2C9H18/c1-5-6-7-9(4)8(2)3;1-5-7-9(3,4)8-6-2/h9H,2,5-7H2,1,3-4H3;5H,1,6-8H2,2-4H3. The molecule has 0 saturated heterocycles. The van der Waals surface area contributed by atoms with Gasteiger partial charge < -0.3 is 0 Å². The van der Waals surface area contributed by atoms with Crippen molar-refractivity contribution in [3.63, 3.8) is 0 Å². The fraction of sp³-hybridized carbons (Fsp3) is 0.778. The lowest BCUT2D eigenvalue weighted by Gasteiger charge is -2.21. The first kappa shape index (κ1) is 19.8. The Labute approximate surface area is 117 Å². The van der Waals surface area contributed by atoms with Crippen molar-refractivity contribution in [3.8, 4) is 0 Å². The van der Waals surface area contributed by atoms with Crippen molar-refractivity contribution in [2.24, 2.45) is 11.3 Å². The second-order valence-corrected chi connectivity index (χ2v) is 6.30. The summed E-state index contributed by atoms with van der Waals surface area (Å²) in [5.74, 6) is 0.727.